The van der Waals surface area contributed by atoms with Gasteiger partial charge >= 0.3 is 0 Å². The molecule has 3 nitrogen and oxygen atoms in total. The van der Waals surface area contributed by atoms with Gasteiger partial charge in [-0.25, -0.2) is 0 Å². The average Bonchev–Trinajstić information content (AvgIpc) is 2.52. The van der Waals surface area contributed by atoms with Gasteiger partial charge < -0.3 is 14.8 Å². The Morgan fingerprint density at radius 3 is 2.69 bits per heavy atom. The summed E-state index contributed by atoms with van der Waals surface area (Å²) in [6.07, 6.45) is 0. The molecule has 1 rings (SSSR count). The van der Waals surface area contributed by atoms with E-state index in [2.05, 4.69) is 21.2 Å². The monoisotopic (exact) mass is 247 g/mol. The Balaban J connectivity index is 2.88. The molecule has 1 unspecified atom stereocenters. The van der Waals surface area contributed by atoms with Gasteiger partial charge in [-0.3, -0.25) is 0 Å². The number of hydrogen-bond acceptors (Lipinski definition) is 3. The van der Waals surface area contributed by atoms with E-state index in [0.717, 1.165) is 12.3 Å². The summed E-state index contributed by atoms with van der Waals surface area (Å²) in [6.45, 7) is 4.70. The van der Waals surface area contributed by atoms with Crippen molar-refractivity contribution in [3.8, 4) is 0 Å². The van der Waals surface area contributed by atoms with Crippen LogP contribution in [0.3, 0.4) is 0 Å². The van der Waals surface area contributed by atoms with Gasteiger partial charge in [0.2, 0.25) is 0 Å². The van der Waals surface area contributed by atoms with E-state index < -0.39 is 5.54 Å². The first-order valence-corrected chi connectivity index (χ1v) is 5.03. The third-order valence-electron chi connectivity index (χ3n) is 2.00. The number of aliphatic hydroxyl groups excluding tert-OH is 1. The van der Waals surface area contributed by atoms with Crippen molar-refractivity contribution in [2.45, 2.75) is 19.4 Å². The van der Waals surface area contributed by atoms with Gasteiger partial charge in [0.05, 0.1) is 12.1 Å². The molecule has 1 aromatic rings. The van der Waals surface area contributed by atoms with Crippen LogP contribution in [0.15, 0.2) is 21.2 Å². The smallest absolute Gasteiger partial charge is 0.169 e. The molecule has 1 atom stereocenters. The molecule has 74 valence electrons. The minimum Gasteiger partial charge on any atom is -0.452 e. The SMILES string of the molecule is CCNC(C)(CO)c1ccc(Br)o1. The third-order valence-corrected chi connectivity index (χ3v) is 2.43. The lowest BCUT2D eigenvalue weighted by Crippen LogP contribution is -2.42. The van der Waals surface area contributed by atoms with E-state index in [0.29, 0.717) is 4.67 Å². The van der Waals surface area contributed by atoms with Crippen molar-refractivity contribution in [2.75, 3.05) is 13.2 Å². The molecule has 13 heavy (non-hydrogen) atoms. The zero-order chi connectivity index (χ0) is 9.90. The summed E-state index contributed by atoms with van der Waals surface area (Å²) < 4.78 is 6.07. The summed E-state index contributed by atoms with van der Waals surface area (Å²) in [7, 11) is 0. The third kappa shape index (κ3) is 2.33. The van der Waals surface area contributed by atoms with Gasteiger partial charge in [-0.1, -0.05) is 6.92 Å². The van der Waals surface area contributed by atoms with Crippen molar-refractivity contribution < 1.29 is 9.52 Å². The van der Waals surface area contributed by atoms with E-state index >= 15 is 0 Å². The maximum Gasteiger partial charge on any atom is 0.169 e. The van der Waals surface area contributed by atoms with Crippen molar-refractivity contribution in [1.29, 1.82) is 0 Å². The molecule has 0 aliphatic carbocycles. The van der Waals surface area contributed by atoms with Crippen LogP contribution in [0.4, 0.5) is 0 Å². The minimum absolute atomic E-state index is 0.0147. The number of aliphatic hydroxyl groups is 1. The van der Waals surface area contributed by atoms with Crippen LogP contribution < -0.4 is 5.32 Å². The molecule has 1 heterocycles. The molecule has 0 aliphatic rings. The molecule has 0 amide bonds. The quantitative estimate of drug-likeness (QED) is 0.854. The molecule has 0 saturated heterocycles. The molecule has 1 aromatic heterocycles. The van der Waals surface area contributed by atoms with Crippen LogP contribution in [0.5, 0.6) is 0 Å². The lowest BCUT2D eigenvalue weighted by Gasteiger charge is -2.25. The Bertz CT molecular complexity index is 274. The normalized spacial score (nSPS) is 15.7. The molecular weight excluding hydrogens is 234 g/mol. The molecule has 0 fully saturated rings. The van der Waals surface area contributed by atoms with Crippen LogP contribution in [0.2, 0.25) is 0 Å². The van der Waals surface area contributed by atoms with E-state index in [9.17, 15) is 5.11 Å². The van der Waals surface area contributed by atoms with Gasteiger partial charge in [-0.15, -0.1) is 0 Å². The predicted octanol–water partition coefficient (Wildman–Crippen LogP) is 1.86. The first-order chi connectivity index (χ1) is 6.12. The second kappa shape index (κ2) is 4.26. The Hall–Kier alpha value is -0.320. The van der Waals surface area contributed by atoms with E-state index in [1.165, 1.54) is 0 Å². The van der Waals surface area contributed by atoms with Crippen LogP contribution in [-0.2, 0) is 5.54 Å². The van der Waals surface area contributed by atoms with E-state index in [4.69, 9.17) is 4.42 Å². The van der Waals surface area contributed by atoms with Crippen LogP contribution in [0, 0.1) is 0 Å². The van der Waals surface area contributed by atoms with E-state index in [1.807, 2.05) is 26.0 Å². The highest BCUT2D eigenvalue weighted by Crippen LogP contribution is 2.24. The van der Waals surface area contributed by atoms with Crippen molar-refractivity contribution in [2.24, 2.45) is 0 Å². The molecule has 0 spiro atoms. The number of hydrogen-bond donors (Lipinski definition) is 2. The number of likely N-dealkylation sites (N-methyl/N-ethyl adjacent to an activating group) is 1. The summed E-state index contributed by atoms with van der Waals surface area (Å²) in [6, 6.07) is 3.67. The van der Waals surface area contributed by atoms with E-state index in [-0.39, 0.29) is 6.61 Å². The van der Waals surface area contributed by atoms with Crippen LogP contribution in [0.1, 0.15) is 19.6 Å². The fourth-order valence-electron chi connectivity index (χ4n) is 1.22. The number of furan rings is 1. The Kier molecular flexibility index (Phi) is 3.53. The maximum absolute atomic E-state index is 9.24. The fourth-order valence-corrected chi connectivity index (χ4v) is 1.53. The Morgan fingerprint density at radius 1 is 1.62 bits per heavy atom. The van der Waals surface area contributed by atoms with Crippen molar-refractivity contribution >= 4 is 15.9 Å². The maximum atomic E-state index is 9.24. The van der Waals surface area contributed by atoms with Crippen molar-refractivity contribution in [3.63, 3.8) is 0 Å². The van der Waals surface area contributed by atoms with Gasteiger partial charge in [-0.05, 0) is 41.5 Å². The molecular formula is C9H14BrNO2. The largest absolute Gasteiger partial charge is 0.452 e. The lowest BCUT2D eigenvalue weighted by molar-refractivity contribution is 0.154. The molecule has 0 aromatic carbocycles. The van der Waals surface area contributed by atoms with Gasteiger partial charge in [-0.2, -0.15) is 0 Å². The minimum atomic E-state index is -0.485. The number of halogens is 1. The second-order valence-electron chi connectivity index (χ2n) is 3.12. The van der Waals surface area contributed by atoms with Gasteiger partial charge in [0.25, 0.3) is 0 Å². The highest BCUT2D eigenvalue weighted by atomic mass is 79.9. The molecule has 0 aliphatic heterocycles. The van der Waals surface area contributed by atoms with Gasteiger partial charge in [0.15, 0.2) is 4.67 Å². The lowest BCUT2D eigenvalue weighted by atomic mass is 10.0. The highest BCUT2D eigenvalue weighted by molar-refractivity contribution is 9.10. The molecule has 0 bridgehead atoms. The summed E-state index contributed by atoms with van der Waals surface area (Å²) in [5, 5.41) is 12.4. The molecule has 0 saturated carbocycles. The zero-order valence-electron chi connectivity index (χ0n) is 7.80. The standard InChI is InChI=1S/C9H14BrNO2/c1-3-11-9(2,6-12)7-4-5-8(10)13-7/h4-5,11-12H,3,6H2,1-2H3. The summed E-state index contributed by atoms with van der Waals surface area (Å²) in [4.78, 5) is 0. The summed E-state index contributed by atoms with van der Waals surface area (Å²) >= 11 is 3.23. The van der Waals surface area contributed by atoms with Crippen LogP contribution in [0.25, 0.3) is 0 Å². The number of nitrogens with one attached hydrogen (secondary N) is 1. The molecule has 2 N–H and O–H groups in total. The van der Waals surface area contributed by atoms with Crippen LogP contribution in [-0.4, -0.2) is 18.3 Å². The molecule has 4 heteroatoms. The van der Waals surface area contributed by atoms with E-state index in [1.54, 1.807) is 0 Å². The molecule has 0 radical (unpaired) electrons. The van der Waals surface area contributed by atoms with Crippen molar-refractivity contribution in [1.82, 2.24) is 5.32 Å². The Morgan fingerprint density at radius 2 is 2.31 bits per heavy atom. The first kappa shape index (κ1) is 10.8. The fraction of sp³-hybridized carbons (Fsp3) is 0.556. The zero-order valence-corrected chi connectivity index (χ0v) is 9.39. The van der Waals surface area contributed by atoms with Crippen molar-refractivity contribution in [3.05, 3.63) is 22.6 Å². The number of rotatable bonds is 4. The topological polar surface area (TPSA) is 45.4 Å². The predicted molar refractivity (Wildman–Crippen MR) is 54.5 cm³/mol. The first-order valence-electron chi connectivity index (χ1n) is 4.24. The van der Waals surface area contributed by atoms with Gasteiger partial charge in [0.1, 0.15) is 5.76 Å². The average molecular weight is 248 g/mol. The second-order valence-corrected chi connectivity index (χ2v) is 3.91. The Labute approximate surface area is 86.3 Å². The van der Waals surface area contributed by atoms with Crippen LogP contribution >= 0.6 is 15.9 Å². The summed E-state index contributed by atoms with van der Waals surface area (Å²) in [5.41, 5.74) is -0.485. The summed E-state index contributed by atoms with van der Waals surface area (Å²) in [5.74, 6) is 0.740. The highest BCUT2D eigenvalue weighted by Gasteiger charge is 2.27. The van der Waals surface area contributed by atoms with Gasteiger partial charge in [0, 0.05) is 0 Å².